The fourth-order valence-corrected chi connectivity index (χ4v) is 3.69. The fraction of sp³-hybridized carbons (Fsp3) is 0.200. The van der Waals surface area contributed by atoms with Gasteiger partial charge in [0.25, 0.3) is 5.91 Å². The van der Waals surface area contributed by atoms with E-state index in [-0.39, 0.29) is 23.5 Å². The van der Waals surface area contributed by atoms with E-state index in [0.29, 0.717) is 22.1 Å². The minimum atomic E-state index is -0.318. The zero-order chi connectivity index (χ0) is 20.1. The number of aromatic nitrogens is 3. The average Bonchev–Trinajstić information content (AvgIpc) is 3.08. The number of hydrogen-bond acceptors (Lipinski definition) is 5. The molecule has 1 atom stereocenters. The van der Waals surface area contributed by atoms with Crippen LogP contribution in [0, 0.1) is 0 Å². The molecule has 0 saturated heterocycles. The summed E-state index contributed by atoms with van der Waals surface area (Å²) in [5, 5.41) is 11.9. The first-order valence-corrected chi connectivity index (χ1v) is 10.4. The van der Waals surface area contributed by atoms with Gasteiger partial charge in [-0.1, -0.05) is 58.0 Å². The number of amides is 1. The van der Waals surface area contributed by atoms with Crippen LogP contribution in [0.25, 0.3) is 0 Å². The Morgan fingerprint density at radius 1 is 1.07 bits per heavy atom. The predicted molar refractivity (Wildman–Crippen MR) is 113 cm³/mol. The minimum Gasteiger partial charge on any atom is -0.342 e. The maximum absolute atomic E-state index is 12.3. The van der Waals surface area contributed by atoms with E-state index in [0.717, 1.165) is 4.47 Å². The number of ketones is 1. The van der Waals surface area contributed by atoms with Gasteiger partial charge in [-0.25, -0.2) is 0 Å². The maximum Gasteiger partial charge on any atom is 0.251 e. The Hall–Kier alpha value is -2.45. The van der Waals surface area contributed by atoms with Crippen LogP contribution in [0.3, 0.4) is 0 Å². The molecule has 2 aromatic carbocycles. The van der Waals surface area contributed by atoms with Crippen LogP contribution in [0.15, 0.2) is 64.2 Å². The molecule has 0 unspecified atom stereocenters. The predicted octanol–water partition coefficient (Wildman–Crippen LogP) is 4.04. The molecule has 8 heteroatoms. The Kier molecular flexibility index (Phi) is 6.64. The second-order valence-corrected chi connectivity index (χ2v) is 8.04. The Labute approximate surface area is 175 Å². The molecule has 6 nitrogen and oxygen atoms in total. The highest BCUT2D eigenvalue weighted by atomic mass is 79.9. The zero-order valence-electron chi connectivity index (χ0n) is 15.4. The smallest absolute Gasteiger partial charge is 0.251 e. The number of thioether (sulfide) groups is 1. The van der Waals surface area contributed by atoms with Crippen molar-refractivity contribution in [2.24, 2.45) is 7.05 Å². The van der Waals surface area contributed by atoms with Crippen LogP contribution in [-0.2, 0) is 7.05 Å². The molecule has 0 aliphatic heterocycles. The lowest BCUT2D eigenvalue weighted by molar-refractivity contribution is 0.0937. The Morgan fingerprint density at radius 3 is 2.43 bits per heavy atom. The van der Waals surface area contributed by atoms with Crippen molar-refractivity contribution in [2.75, 3.05) is 5.75 Å². The molecule has 1 heterocycles. The summed E-state index contributed by atoms with van der Waals surface area (Å²) in [5.74, 6) is 0.740. The summed E-state index contributed by atoms with van der Waals surface area (Å²) in [5.41, 5.74) is 1.24. The van der Waals surface area contributed by atoms with Gasteiger partial charge in [-0.05, 0) is 31.2 Å². The van der Waals surface area contributed by atoms with Gasteiger partial charge in [0, 0.05) is 22.6 Å². The minimum absolute atomic E-state index is 0.0208. The van der Waals surface area contributed by atoms with Crippen molar-refractivity contribution in [1.29, 1.82) is 0 Å². The molecule has 0 saturated carbocycles. The quantitative estimate of drug-likeness (QED) is 0.426. The van der Waals surface area contributed by atoms with Gasteiger partial charge < -0.3 is 9.88 Å². The van der Waals surface area contributed by atoms with Crippen molar-refractivity contribution in [3.8, 4) is 0 Å². The molecule has 0 radical (unpaired) electrons. The summed E-state index contributed by atoms with van der Waals surface area (Å²) < 4.78 is 2.73. The van der Waals surface area contributed by atoms with Crippen LogP contribution in [0.1, 0.15) is 39.5 Å². The van der Waals surface area contributed by atoms with Gasteiger partial charge >= 0.3 is 0 Å². The number of carbonyl (C=O) groups is 2. The standard InChI is InChI=1S/C20H19BrN4O2S/c1-13(22-19(27)15-6-4-3-5-7-15)18-23-24-20(25(18)2)28-12-17(26)14-8-10-16(21)11-9-14/h3-11,13H,12H2,1-2H3,(H,22,27)/t13-/m1/s1. The van der Waals surface area contributed by atoms with Crippen molar-refractivity contribution in [3.63, 3.8) is 0 Å². The van der Waals surface area contributed by atoms with E-state index < -0.39 is 0 Å². The number of Topliss-reactive ketones (excluding diaryl/α,β-unsaturated/α-hetero) is 1. The third kappa shape index (κ3) is 4.88. The van der Waals surface area contributed by atoms with Gasteiger partial charge in [0.05, 0.1) is 11.8 Å². The van der Waals surface area contributed by atoms with Crippen LogP contribution in [-0.4, -0.2) is 32.2 Å². The highest BCUT2D eigenvalue weighted by Crippen LogP contribution is 2.21. The van der Waals surface area contributed by atoms with Gasteiger partial charge in [0.2, 0.25) is 0 Å². The lowest BCUT2D eigenvalue weighted by Crippen LogP contribution is -2.28. The van der Waals surface area contributed by atoms with Crippen LogP contribution >= 0.6 is 27.7 Å². The molecule has 3 rings (SSSR count). The topological polar surface area (TPSA) is 76.9 Å². The first-order chi connectivity index (χ1) is 13.5. The Bertz CT molecular complexity index is 974. The molecule has 28 heavy (non-hydrogen) atoms. The van der Waals surface area contributed by atoms with E-state index in [1.54, 1.807) is 28.8 Å². The Balaban J connectivity index is 1.62. The van der Waals surface area contributed by atoms with E-state index in [9.17, 15) is 9.59 Å². The number of nitrogens with one attached hydrogen (secondary N) is 1. The largest absolute Gasteiger partial charge is 0.342 e. The summed E-state index contributed by atoms with van der Waals surface area (Å²) in [6.45, 7) is 1.85. The van der Waals surface area contributed by atoms with Crippen LogP contribution in [0.2, 0.25) is 0 Å². The molecule has 144 valence electrons. The number of rotatable bonds is 7. The van der Waals surface area contributed by atoms with Crippen LogP contribution in [0.5, 0.6) is 0 Å². The molecular formula is C20H19BrN4O2S. The number of nitrogens with zero attached hydrogens (tertiary/aromatic N) is 3. The van der Waals surface area contributed by atoms with Crippen molar-refractivity contribution in [2.45, 2.75) is 18.1 Å². The van der Waals surface area contributed by atoms with Crippen molar-refractivity contribution >= 4 is 39.4 Å². The number of carbonyl (C=O) groups excluding carboxylic acids is 2. The molecule has 0 fully saturated rings. The molecule has 1 amide bonds. The normalized spacial score (nSPS) is 11.8. The SMILES string of the molecule is C[C@@H](NC(=O)c1ccccc1)c1nnc(SCC(=O)c2ccc(Br)cc2)n1C. The van der Waals surface area contributed by atoms with Crippen molar-refractivity contribution < 1.29 is 9.59 Å². The average molecular weight is 459 g/mol. The molecular weight excluding hydrogens is 440 g/mol. The van der Waals surface area contributed by atoms with Gasteiger partial charge in [0.15, 0.2) is 16.8 Å². The highest BCUT2D eigenvalue weighted by Gasteiger charge is 2.19. The second-order valence-electron chi connectivity index (χ2n) is 6.18. The molecule has 0 aliphatic carbocycles. The third-order valence-electron chi connectivity index (χ3n) is 4.14. The first-order valence-electron chi connectivity index (χ1n) is 8.62. The molecule has 3 aromatic rings. The van der Waals surface area contributed by atoms with Gasteiger partial charge in [0.1, 0.15) is 0 Å². The second kappa shape index (κ2) is 9.16. The number of hydrogen-bond donors (Lipinski definition) is 1. The van der Waals surface area contributed by atoms with E-state index in [4.69, 9.17) is 0 Å². The summed E-state index contributed by atoms with van der Waals surface area (Å²) in [4.78, 5) is 24.7. The molecule has 0 spiro atoms. The van der Waals surface area contributed by atoms with E-state index >= 15 is 0 Å². The van der Waals surface area contributed by atoms with E-state index in [1.165, 1.54) is 11.8 Å². The van der Waals surface area contributed by atoms with E-state index in [2.05, 4.69) is 31.4 Å². The molecule has 0 bridgehead atoms. The lowest BCUT2D eigenvalue weighted by atomic mass is 10.2. The highest BCUT2D eigenvalue weighted by molar-refractivity contribution is 9.10. The summed E-state index contributed by atoms with van der Waals surface area (Å²) in [6.07, 6.45) is 0. The Morgan fingerprint density at radius 2 is 1.75 bits per heavy atom. The summed E-state index contributed by atoms with van der Waals surface area (Å²) >= 11 is 4.68. The summed E-state index contributed by atoms with van der Waals surface area (Å²) in [6, 6.07) is 16.0. The monoisotopic (exact) mass is 458 g/mol. The fourth-order valence-electron chi connectivity index (χ4n) is 2.61. The van der Waals surface area contributed by atoms with E-state index in [1.807, 2.05) is 44.3 Å². The van der Waals surface area contributed by atoms with Gasteiger partial charge in [-0.3, -0.25) is 9.59 Å². The molecule has 1 N–H and O–H groups in total. The van der Waals surface area contributed by atoms with Crippen LogP contribution < -0.4 is 5.32 Å². The third-order valence-corrected chi connectivity index (χ3v) is 5.69. The number of benzene rings is 2. The maximum atomic E-state index is 12.3. The number of halogens is 1. The van der Waals surface area contributed by atoms with Gasteiger partial charge in [-0.15, -0.1) is 10.2 Å². The van der Waals surface area contributed by atoms with Crippen molar-refractivity contribution in [1.82, 2.24) is 20.1 Å². The van der Waals surface area contributed by atoms with Crippen molar-refractivity contribution in [3.05, 3.63) is 76.0 Å². The molecule has 0 aliphatic rings. The molecule has 1 aromatic heterocycles. The first kappa shape index (κ1) is 20.3. The zero-order valence-corrected chi connectivity index (χ0v) is 17.8. The van der Waals surface area contributed by atoms with Crippen LogP contribution in [0.4, 0.5) is 0 Å². The van der Waals surface area contributed by atoms with Gasteiger partial charge in [-0.2, -0.15) is 0 Å². The summed E-state index contributed by atoms with van der Waals surface area (Å²) in [7, 11) is 1.83. The lowest BCUT2D eigenvalue weighted by Gasteiger charge is -2.13.